The summed E-state index contributed by atoms with van der Waals surface area (Å²) in [7, 11) is 0. The molecule has 0 heterocycles. The first-order chi connectivity index (χ1) is 33.1. The number of rotatable bonds is 55. The zero-order valence-electron chi connectivity index (χ0n) is 44.9. The first-order valence-corrected chi connectivity index (χ1v) is 29.7. The zero-order chi connectivity index (χ0) is 48.5. The Balaban J connectivity index is 3.35. The van der Waals surface area contributed by atoms with Gasteiger partial charge in [0.05, 0.1) is 6.61 Å². The van der Waals surface area contributed by atoms with E-state index in [1.807, 2.05) is 12.2 Å². The lowest BCUT2D eigenvalue weighted by atomic mass is 10.0. The first-order valence-electron chi connectivity index (χ1n) is 29.7. The van der Waals surface area contributed by atoms with Crippen molar-refractivity contribution in [1.29, 1.82) is 0 Å². The molecule has 1 unspecified atom stereocenters. The maximum Gasteiger partial charge on any atom is 0.306 e. The van der Waals surface area contributed by atoms with Crippen LogP contribution < -0.4 is 0 Å². The number of carbonyl (C=O) groups is 2. The molecule has 5 nitrogen and oxygen atoms in total. The maximum atomic E-state index is 12.2. The van der Waals surface area contributed by atoms with Crippen LogP contribution in [0.15, 0.2) is 48.6 Å². The Hall–Kier alpha value is -2.14. The molecule has 0 aromatic rings. The zero-order valence-corrected chi connectivity index (χ0v) is 44.9. The van der Waals surface area contributed by atoms with Gasteiger partial charge in [-0.25, -0.2) is 0 Å². The number of esters is 2. The summed E-state index contributed by atoms with van der Waals surface area (Å²) in [5.41, 5.74) is 0. The summed E-state index contributed by atoms with van der Waals surface area (Å²) in [6, 6.07) is 0. The molecule has 0 amide bonds. The normalized spacial score (nSPS) is 12.5. The molecular weight excluding hydrogens is 825 g/mol. The van der Waals surface area contributed by atoms with Gasteiger partial charge in [0.25, 0.3) is 0 Å². The van der Waals surface area contributed by atoms with E-state index in [-0.39, 0.29) is 31.6 Å². The Morgan fingerprint density at radius 3 is 0.940 bits per heavy atom. The van der Waals surface area contributed by atoms with Gasteiger partial charge >= 0.3 is 11.9 Å². The van der Waals surface area contributed by atoms with E-state index in [0.717, 1.165) is 44.9 Å². The maximum absolute atomic E-state index is 12.2. The van der Waals surface area contributed by atoms with Gasteiger partial charge in [-0.3, -0.25) is 9.59 Å². The van der Waals surface area contributed by atoms with E-state index < -0.39 is 6.10 Å². The van der Waals surface area contributed by atoms with Gasteiger partial charge in [-0.15, -0.1) is 0 Å². The second-order valence-corrected chi connectivity index (χ2v) is 20.1. The first kappa shape index (κ1) is 64.9. The highest BCUT2D eigenvalue weighted by Gasteiger charge is 2.16. The molecule has 1 N–H and O–H groups in total. The predicted molar refractivity (Wildman–Crippen MR) is 293 cm³/mol. The van der Waals surface area contributed by atoms with Crippen LogP contribution in [-0.2, 0) is 19.1 Å². The molecule has 0 aliphatic carbocycles. The van der Waals surface area contributed by atoms with Crippen molar-refractivity contribution in [2.45, 2.75) is 322 Å². The minimum absolute atomic E-state index is 0.0925. The Morgan fingerprint density at radius 2 is 0.642 bits per heavy atom. The van der Waals surface area contributed by atoms with Gasteiger partial charge < -0.3 is 14.6 Å². The number of aliphatic hydroxyl groups is 1. The minimum Gasteiger partial charge on any atom is -0.462 e. The molecule has 0 aromatic carbocycles. The quantitative estimate of drug-likeness (QED) is 0.0374. The van der Waals surface area contributed by atoms with E-state index in [1.54, 1.807) is 0 Å². The van der Waals surface area contributed by atoms with Crippen LogP contribution in [0.4, 0.5) is 0 Å². The van der Waals surface area contributed by atoms with Gasteiger partial charge in [0.15, 0.2) is 6.10 Å². The molecule has 392 valence electrons. The van der Waals surface area contributed by atoms with Crippen molar-refractivity contribution in [2.24, 2.45) is 0 Å². The third-order valence-corrected chi connectivity index (χ3v) is 13.4. The summed E-state index contributed by atoms with van der Waals surface area (Å²) in [4.78, 5) is 24.4. The van der Waals surface area contributed by atoms with Crippen molar-refractivity contribution in [1.82, 2.24) is 0 Å². The molecule has 0 radical (unpaired) electrons. The number of hydrogen-bond donors (Lipinski definition) is 1. The third kappa shape index (κ3) is 56.3. The molecule has 0 rings (SSSR count). The van der Waals surface area contributed by atoms with E-state index in [9.17, 15) is 14.7 Å². The van der Waals surface area contributed by atoms with Gasteiger partial charge in [0.2, 0.25) is 0 Å². The van der Waals surface area contributed by atoms with Crippen LogP contribution in [0.25, 0.3) is 0 Å². The lowest BCUT2D eigenvalue weighted by molar-refractivity contribution is -0.161. The minimum atomic E-state index is -0.809. The van der Waals surface area contributed by atoms with Crippen molar-refractivity contribution < 1.29 is 24.2 Å². The third-order valence-electron chi connectivity index (χ3n) is 13.4. The van der Waals surface area contributed by atoms with Crippen LogP contribution in [0, 0.1) is 0 Å². The molecular formula is C62H114O5. The van der Waals surface area contributed by atoms with Crippen LogP contribution in [0.1, 0.15) is 316 Å². The monoisotopic (exact) mass is 939 g/mol. The fraction of sp³-hybridized carbons (Fsp3) is 0.839. The smallest absolute Gasteiger partial charge is 0.306 e. The average Bonchev–Trinajstić information content (AvgIpc) is 3.33. The molecule has 5 heteroatoms. The fourth-order valence-corrected chi connectivity index (χ4v) is 8.99. The molecule has 0 aliphatic heterocycles. The van der Waals surface area contributed by atoms with Crippen molar-refractivity contribution >= 4 is 11.9 Å². The standard InChI is InChI=1S/C62H114O5/c1-3-5-7-9-11-13-15-17-18-19-20-21-22-23-24-25-26-27-28-29-30-31-32-33-34-35-36-37-38-39-40-41-42-43-45-46-48-50-52-54-56-61(64)66-59-60(58-63)67-62(65)57-55-53-51-49-47-44-16-14-12-10-8-6-4-2/h6,8,12,14,44,47,51,53,60,63H,3-5,7,9-11,13,15-43,45-46,48-50,52,54-59H2,1-2H3/b8-6-,14-12-,47-44-,53-51-. The highest BCUT2D eigenvalue weighted by Crippen LogP contribution is 2.18. The van der Waals surface area contributed by atoms with E-state index in [1.165, 1.54) is 238 Å². The second-order valence-electron chi connectivity index (χ2n) is 20.1. The van der Waals surface area contributed by atoms with E-state index in [4.69, 9.17) is 9.47 Å². The predicted octanol–water partition coefficient (Wildman–Crippen LogP) is 20.0. The van der Waals surface area contributed by atoms with Gasteiger partial charge in [0, 0.05) is 12.8 Å². The van der Waals surface area contributed by atoms with Crippen LogP contribution in [-0.4, -0.2) is 36.4 Å². The molecule has 0 saturated carbocycles. The molecule has 0 aromatic heterocycles. The number of hydrogen-bond acceptors (Lipinski definition) is 5. The Kier molecular flexibility index (Phi) is 56.3. The average molecular weight is 940 g/mol. The number of allylic oxidation sites excluding steroid dienone is 8. The highest BCUT2D eigenvalue weighted by atomic mass is 16.6. The number of unbranched alkanes of at least 4 members (excludes halogenated alkanes) is 39. The van der Waals surface area contributed by atoms with Crippen LogP contribution in [0.2, 0.25) is 0 Å². The van der Waals surface area contributed by atoms with Crippen molar-refractivity contribution in [2.75, 3.05) is 13.2 Å². The van der Waals surface area contributed by atoms with Crippen molar-refractivity contribution in [3.05, 3.63) is 48.6 Å². The molecule has 0 saturated heterocycles. The Labute approximate surface area is 418 Å². The lowest BCUT2D eigenvalue weighted by Crippen LogP contribution is -2.28. The van der Waals surface area contributed by atoms with Crippen LogP contribution in [0.3, 0.4) is 0 Å². The fourth-order valence-electron chi connectivity index (χ4n) is 8.99. The lowest BCUT2D eigenvalue weighted by Gasteiger charge is -2.15. The molecule has 1 atom stereocenters. The second kappa shape index (κ2) is 58.2. The largest absolute Gasteiger partial charge is 0.462 e. The topological polar surface area (TPSA) is 72.8 Å². The number of aliphatic hydroxyl groups excluding tert-OH is 1. The Morgan fingerprint density at radius 1 is 0.358 bits per heavy atom. The van der Waals surface area contributed by atoms with Crippen molar-refractivity contribution in [3.63, 3.8) is 0 Å². The van der Waals surface area contributed by atoms with E-state index >= 15 is 0 Å². The Bertz CT molecular complexity index is 1110. The summed E-state index contributed by atoms with van der Waals surface area (Å²) < 4.78 is 10.6. The molecule has 0 bridgehead atoms. The summed E-state index contributed by atoms with van der Waals surface area (Å²) in [5.74, 6) is -0.675. The SMILES string of the molecule is CC/C=C\C/C=C\C/C=C\C/C=C\CCC(=O)OC(CO)COC(=O)CCCCCCCCCCCCCCCCCCCCCCCCCCCCCCCCCCCCCCCCCC. The summed E-state index contributed by atoms with van der Waals surface area (Å²) in [6.07, 6.45) is 77.3. The molecule has 67 heavy (non-hydrogen) atoms. The molecule has 0 aliphatic rings. The molecule has 0 spiro atoms. The van der Waals surface area contributed by atoms with Gasteiger partial charge in [-0.05, 0) is 38.5 Å². The van der Waals surface area contributed by atoms with E-state index in [0.29, 0.717) is 12.8 Å². The van der Waals surface area contributed by atoms with Gasteiger partial charge in [-0.2, -0.15) is 0 Å². The number of ether oxygens (including phenoxy) is 2. The summed E-state index contributed by atoms with van der Waals surface area (Å²) >= 11 is 0. The van der Waals surface area contributed by atoms with Crippen LogP contribution in [0.5, 0.6) is 0 Å². The summed E-state index contributed by atoms with van der Waals surface area (Å²) in [5, 5.41) is 9.59. The number of carbonyl (C=O) groups excluding carboxylic acids is 2. The van der Waals surface area contributed by atoms with E-state index in [2.05, 4.69) is 50.3 Å². The van der Waals surface area contributed by atoms with Crippen molar-refractivity contribution in [3.8, 4) is 0 Å². The van der Waals surface area contributed by atoms with Crippen LogP contribution >= 0.6 is 0 Å². The highest BCUT2D eigenvalue weighted by molar-refractivity contribution is 5.70. The molecule has 0 fully saturated rings. The van der Waals surface area contributed by atoms with Gasteiger partial charge in [0.1, 0.15) is 6.61 Å². The van der Waals surface area contributed by atoms with Gasteiger partial charge in [-0.1, -0.05) is 313 Å². The summed E-state index contributed by atoms with van der Waals surface area (Å²) in [6.45, 7) is 3.99.